The van der Waals surface area contributed by atoms with Gasteiger partial charge in [-0.1, -0.05) is 108 Å². The van der Waals surface area contributed by atoms with Crippen LogP contribution in [0.25, 0.3) is 22.2 Å². The molecule has 0 bridgehead atoms. The Hall–Kier alpha value is -3.99. The minimum absolute atomic E-state index is 0.264. The Balaban J connectivity index is 0.000000750. The molecular weight excluding hydrogens is 456 g/mol. The van der Waals surface area contributed by atoms with E-state index in [1.807, 2.05) is 109 Å². The summed E-state index contributed by atoms with van der Waals surface area (Å²) < 4.78 is 3.71. The van der Waals surface area contributed by atoms with Crippen LogP contribution in [0.4, 0.5) is 0 Å². The molecule has 1 atom stereocenters. The summed E-state index contributed by atoms with van der Waals surface area (Å²) in [5, 5.41) is 0.938. The van der Waals surface area contributed by atoms with Gasteiger partial charge in [0.1, 0.15) is 0 Å². The van der Waals surface area contributed by atoms with Gasteiger partial charge < -0.3 is 4.57 Å². The van der Waals surface area contributed by atoms with Crippen LogP contribution in [-0.2, 0) is 12.6 Å². The van der Waals surface area contributed by atoms with Crippen LogP contribution >= 0.6 is 0 Å². The molecule has 2 heterocycles. The highest BCUT2D eigenvalue weighted by molar-refractivity contribution is 5.93. The van der Waals surface area contributed by atoms with E-state index in [9.17, 15) is 4.79 Å². The average Bonchev–Trinajstić information content (AvgIpc) is 3.54. The maximum Gasteiger partial charge on any atom is 0.348 e. The van der Waals surface area contributed by atoms with Gasteiger partial charge in [-0.05, 0) is 30.2 Å². The van der Waals surface area contributed by atoms with Gasteiger partial charge in [-0.3, -0.25) is 4.57 Å². The quantitative estimate of drug-likeness (QED) is 0.256. The van der Waals surface area contributed by atoms with E-state index < -0.39 is 5.54 Å². The summed E-state index contributed by atoms with van der Waals surface area (Å²) in [7, 11) is 1.76. The minimum Gasteiger partial charge on any atom is -0.323 e. The number of rotatable bonds is 4. The van der Waals surface area contributed by atoms with Gasteiger partial charge in [0.05, 0.1) is 23.1 Å². The second-order valence-corrected chi connectivity index (χ2v) is 7.81. The van der Waals surface area contributed by atoms with Crippen LogP contribution in [-0.4, -0.2) is 19.1 Å². The first kappa shape index (κ1) is 29.2. The van der Waals surface area contributed by atoms with E-state index in [0.717, 1.165) is 27.6 Å². The normalized spacial score (nSPS) is 11.6. The molecule has 0 amide bonds. The number of aromatic nitrogens is 4. The predicted octanol–water partition coefficient (Wildman–Crippen LogP) is 7.69. The number of aryl methyl sites for hydroxylation is 1. The fraction of sp³-hybridized carbons (Fsp3) is 0.281. The first-order valence-corrected chi connectivity index (χ1v) is 13.2. The lowest BCUT2D eigenvalue weighted by Crippen LogP contribution is -2.32. The molecule has 5 aromatic rings. The van der Waals surface area contributed by atoms with Crippen LogP contribution < -0.4 is 5.69 Å². The Morgan fingerprint density at radius 2 is 1.35 bits per heavy atom. The summed E-state index contributed by atoms with van der Waals surface area (Å²) in [6, 6.07) is 26.5. The molecule has 0 saturated heterocycles. The average molecular weight is 497 g/mol. The van der Waals surface area contributed by atoms with Crippen LogP contribution in [0.15, 0.2) is 102 Å². The molecule has 0 saturated carbocycles. The number of fused-ring (bicyclic) bond motifs is 1. The molecule has 0 aliphatic heterocycles. The Labute approximate surface area is 221 Å². The van der Waals surface area contributed by atoms with Crippen LogP contribution in [0, 0.1) is 0 Å². The Morgan fingerprint density at radius 1 is 0.757 bits per heavy atom. The lowest BCUT2D eigenvalue weighted by atomic mass is 9.83. The third-order valence-corrected chi connectivity index (χ3v) is 6.07. The lowest BCUT2D eigenvalue weighted by Gasteiger charge is -2.33. The molecule has 1 unspecified atom stereocenters. The highest BCUT2D eigenvalue weighted by Gasteiger charge is 2.31. The number of nitrogens with zero attached hydrogens (tertiary/aromatic N) is 4. The molecule has 0 aliphatic rings. The number of imidazole rings is 1. The maximum atomic E-state index is 12.6. The summed E-state index contributed by atoms with van der Waals surface area (Å²) in [6.45, 7) is 14.2. The van der Waals surface area contributed by atoms with Gasteiger partial charge in [0.25, 0.3) is 0 Å². The van der Waals surface area contributed by atoms with Gasteiger partial charge >= 0.3 is 5.69 Å². The SMILES string of the molecule is CC.CC.CC.Cn1c(=O)nc(-c2ccccc2)c2cc(C(C)(c3ccccc3)n3ccnc3)ccc21. The van der Waals surface area contributed by atoms with Crippen LogP contribution in [0.1, 0.15) is 59.6 Å². The van der Waals surface area contributed by atoms with Crippen molar-refractivity contribution in [3.63, 3.8) is 0 Å². The van der Waals surface area contributed by atoms with Crippen LogP contribution in [0.3, 0.4) is 0 Å². The maximum absolute atomic E-state index is 12.6. The molecule has 5 nitrogen and oxygen atoms in total. The third kappa shape index (κ3) is 5.88. The Bertz CT molecular complexity index is 1410. The summed E-state index contributed by atoms with van der Waals surface area (Å²) in [5.74, 6) is 0. The zero-order valence-corrected chi connectivity index (χ0v) is 23.4. The van der Waals surface area contributed by atoms with Gasteiger partial charge in [-0.2, -0.15) is 4.98 Å². The molecule has 2 aromatic heterocycles. The van der Waals surface area contributed by atoms with Crippen molar-refractivity contribution < 1.29 is 0 Å². The van der Waals surface area contributed by atoms with Gasteiger partial charge in [0.2, 0.25) is 0 Å². The van der Waals surface area contributed by atoms with E-state index in [-0.39, 0.29) is 5.69 Å². The molecule has 0 radical (unpaired) electrons. The van der Waals surface area contributed by atoms with Crippen molar-refractivity contribution in [1.82, 2.24) is 19.1 Å². The van der Waals surface area contributed by atoms with Crippen LogP contribution in [0.2, 0.25) is 0 Å². The van der Waals surface area contributed by atoms with E-state index >= 15 is 0 Å². The van der Waals surface area contributed by atoms with Crippen molar-refractivity contribution in [2.24, 2.45) is 7.05 Å². The second-order valence-electron chi connectivity index (χ2n) is 7.81. The van der Waals surface area contributed by atoms with E-state index in [1.54, 1.807) is 17.8 Å². The Kier molecular flexibility index (Phi) is 11.0. The topological polar surface area (TPSA) is 52.7 Å². The zero-order valence-electron chi connectivity index (χ0n) is 23.4. The molecule has 5 heteroatoms. The lowest BCUT2D eigenvalue weighted by molar-refractivity contribution is 0.475. The molecule has 0 N–H and O–H groups in total. The number of benzene rings is 3. The van der Waals surface area contributed by atoms with Gasteiger partial charge in [-0.15, -0.1) is 0 Å². The molecule has 0 spiro atoms. The Morgan fingerprint density at radius 3 is 1.92 bits per heavy atom. The fourth-order valence-electron chi connectivity index (χ4n) is 4.22. The highest BCUT2D eigenvalue weighted by Crippen LogP contribution is 2.36. The van der Waals surface area contributed by atoms with Gasteiger partial charge in [0.15, 0.2) is 0 Å². The van der Waals surface area contributed by atoms with Gasteiger partial charge in [-0.25, -0.2) is 9.78 Å². The first-order valence-electron chi connectivity index (χ1n) is 13.2. The summed E-state index contributed by atoms with van der Waals surface area (Å²) >= 11 is 0. The van der Waals surface area contributed by atoms with E-state index in [4.69, 9.17) is 0 Å². The van der Waals surface area contributed by atoms with E-state index in [1.165, 1.54) is 0 Å². The number of hydrogen-bond donors (Lipinski definition) is 0. The predicted molar refractivity (Wildman–Crippen MR) is 157 cm³/mol. The second kappa shape index (κ2) is 13.9. The standard InChI is InChI=1S/C26H22N4O.3C2H6/c1-26(30-16-15-27-18-30,20-11-7-4-8-12-20)21-13-14-23-22(17-21)24(28-25(31)29(23)2)19-9-5-3-6-10-19;3*1-2/h3-18H,1-2H3;3*1-2H3. The van der Waals surface area contributed by atoms with E-state index in [2.05, 4.69) is 45.7 Å². The van der Waals surface area contributed by atoms with Crippen molar-refractivity contribution in [1.29, 1.82) is 0 Å². The molecule has 3 aromatic carbocycles. The zero-order chi connectivity index (χ0) is 27.4. The first-order chi connectivity index (χ1) is 18.1. The van der Waals surface area contributed by atoms with Crippen molar-refractivity contribution in [2.45, 2.75) is 54.0 Å². The number of hydrogen-bond acceptors (Lipinski definition) is 3. The highest BCUT2D eigenvalue weighted by atomic mass is 16.1. The van der Waals surface area contributed by atoms with Crippen molar-refractivity contribution in [3.05, 3.63) is 119 Å². The van der Waals surface area contributed by atoms with Crippen LogP contribution in [0.5, 0.6) is 0 Å². The molecule has 194 valence electrons. The summed E-state index contributed by atoms with van der Waals surface area (Å²) in [4.78, 5) is 21.3. The van der Waals surface area contributed by atoms with E-state index in [0.29, 0.717) is 5.69 Å². The van der Waals surface area contributed by atoms with Gasteiger partial charge in [0, 0.05) is 30.4 Å². The summed E-state index contributed by atoms with van der Waals surface area (Å²) in [6.07, 6.45) is 5.62. The summed E-state index contributed by atoms with van der Waals surface area (Å²) in [5.41, 5.74) is 3.96. The van der Waals surface area contributed by atoms with Crippen molar-refractivity contribution in [3.8, 4) is 11.3 Å². The fourth-order valence-corrected chi connectivity index (χ4v) is 4.22. The molecule has 37 heavy (non-hydrogen) atoms. The third-order valence-electron chi connectivity index (χ3n) is 6.07. The molecule has 0 fully saturated rings. The van der Waals surface area contributed by atoms with Crippen molar-refractivity contribution in [2.75, 3.05) is 0 Å². The minimum atomic E-state index is -0.478. The largest absolute Gasteiger partial charge is 0.348 e. The molecule has 0 aliphatic carbocycles. The van der Waals surface area contributed by atoms with Crippen molar-refractivity contribution >= 4 is 10.9 Å². The monoisotopic (exact) mass is 496 g/mol. The molecular formula is C32H40N4O. The smallest absolute Gasteiger partial charge is 0.323 e. The molecule has 5 rings (SSSR count).